The van der Waals surface area contributed by atoms with Crippen molar-refractivity contribution < 1.29 is 9.53 Å². The van der Waals surface area contributed by atoms with E-state index >= 15 is 0 Å². The highest BCUT2D eigenvalue weighted by atomic mass is 32.2. The SMILES string of the molecule is COCC(C)Nc1sc(C(=O)C(C)C)c(N)c1SC. The lowest BCUT2D eigenvalue weighted by molar-refractivity contribution is 0.0944. The van der Waals surface area contributed by atoms with Crippen molar-refractivity contribution in [3.05, 3.63) is 4.88 Å². The number of anilines is 2. The standard InChI is InChI=1S/C13H22N2O2S2/c1-7(2)10(16)11-9(14)12(18-5)13(19-11)15-8(3)6-17-4/h7-8,15H,6,14H2,1-5H3. The fourth-order valence-corrected chi connectivity index (χ4v) is 3.91. The van der Waals surface area contributed by atoms with Gasteiger partial charge in [-0.3, -0.25) is 4.79 Å². The van der Waals surface area contributed by atoms with E-state index in [9.17, 15) is 4.79 Å². The fourth-order valence-electron chi connectivity index (χ4n) is 1.69. The van der Waals surface area contributed by atoms with Crippen LogP contribution in [0.4, 0.5) is 10.7 Å². The molecule has 0 aliphatic carbocycles. The summed E-state index contributed by atoms with van der Waals surface area (Å²) in [6.07, 6.45) is 1.97. The van der Waals surface area contributed by atoms with Crippen molar-refractivity contribution in [1.29, 1.82) is 0 Å². The number of ether oxygens (including phenoxy) is 1. The summed E-state index contributed by atoms with van der Waals surface area (Å²) in [5, 5.41) is 4.31. The highest BCUT2D eigenvalue weighted by Gasteiger charge is 2.23. The third kappa shape index (κ3) is 3.87. The largest absolute Gasteiger partial charge is 0.396 e. The van der Waals surface area contributed by atoms with Crippen molar-refractivity contribution >= 4 is 39.6 Å². The highest BCUT2D eigenvalue weighted by molar-refractivity contribution is 7.99. The van der Waals surface area contributed by atoms with Crippen molar-refractivity contribution in [2.24, 2.45) is 5.92 Å². The zero-order valence-electron chi connectivity index (χ0n) is 12.1. The minimum atomic E-state index is -0.0418. The topological polar surface area (TPSA) is 64.3 Å². The third-order valence-electron chi connectivity index (χ3n) is 2.65. The lowest BCUT2D eigenvalue weighted by atomic mass is 10.1. The molecule has 1 rings (SSSR count). The van der Waals surface area contributed by atoms with Crippen LogP contribution < -0.4 is 11.1 Å². The zero-order valence-corrected chi connectivity index (χ0v) is 13.7. The maximum Gasteiger partial charge on any atom is 0.177 e. The lowest BCUT2D eigenvalue weighted by Gasteiger charge is -2.13. The maximum atomic E-state index is 12.1. The number of methoxy groups -OCH3 is 1. The maximum absolute atomic E-state index is 12.1. The molecule has 1 heterocycles. The second kappa shape index (κ2) is 7.17. The fraction of sp³-hybridized carbons (Fsp3) is 0.615. The molecule has 0 fully saturated rings. The van der Waals surface area contributed by atoms with Crippen molar-refractivity contribution in [2.75, 3.05) is 31.0 Å². The van der Waals surface area contributed by atoms with E-state index in [0.717, 1.165) is 9.90 Å². The summed E-state index contributed by atoms with van der Waals surface area (Å²) in [5.41, 5.74) is 6.70. The van der Waals surface area contributed by atoms with Crippen LogP contribution in [0.3, 0.4) is 0 Å². The molecule has 0 saturated heterocycles. The summed E-state index contributed by atoms with van der Waals surface area (Å²) < 4.78 is 5.11. The van der Waals surface area contributed by atoms with Gasteiger partial charge in [0.1, 0.15) is 5.00 Å². The number of carbonyl (C=O) groups is 1. The number of nitrogens with one attached hydrogen (secondary N) is 1. The third-order valence-corrected chi connectivity index (χ3v) is 4.76. The van der Waals surface area contributed by atoms with E-state index < -0.39 is 0 Å². The minimum Gasteiger partial charge on any atom is -0.396 e. The van der Waals surface area contributed by atoms with Gasteiger partial charge in [0, 0.05) is 19.1 Å². The second-order valence-corrected chi connectivity index (χ2v) is 6.56. The van der Waals surface area contributed by atoms with Gasteiger partial charge in [-0.25, -0.2) is 0 Å². The summed E-state index contributed by atoms with van der Waals surface area (Å²) in [5.74, 6) is 0.0603. The molecule has 1 aromatic rings. The number of thioether (sulfide) groups is 1. The van der Waals surface area contributed by atoms with Crippen LogP contribution in [0.15, 0.2) is 4.90 Å². The van der Waals surface area contributed by atoms with Gasteiger partial charge in [-0.1, -0.05) is 13.8 Å². The van der Waals surface area contributed by atoms with E-state index in [0.29, 0.717) is 17.2 Å². The Kier molecular flexibility index (Phi) is 6.16. The molecule has 6 heteroatoms. The van der Waals surface area contributed by atoms with Crippen LogP contribution in [-0.4, -0.2) is 31.8 Å². The first-order chi connectivity index (χ1) is 8.92. The number of hydrogen-bond acceptors (Lipinski definition) is 6. The molecule has 0 amide bonds. The molecular weight excluding hydrogens is 280 g/mol. The number of ketones is 1. The summed E-state index contributed by atoms with van der Waals surface area (Å²) in [7, 11) is 1.67. The minimum absolute atomic E-state index is 0.0418. The quantitative estimate of drug-likeness (QED) is 0.597. The Hall–Kier alpha value is -0.720. The van der Waals surface area contributed by atoms with E-state index in [1.165, 1.54) is 11.3 Å². The molecule has 0 aromatic carbocycles. The van der Waals surface area contributed by atoms with Crippen LogP contribution >= 0.6 is 23.1 Å². The predicted molar refractivity (Wildman–Crippen MR) is 84.6 cm³/mol. The molecule has 0 spiro atoms. The monoisotopic (exact) mass is 302 g/mol. The predicted octanol–water partition coefficient (Wildman–Crippen LogP) is 3.34. The molecule has 0 bridgehead atoms. The molecule has 3 N–H and O–H groups in total. The smallest absolute Gasteiger partial charge is 0.177 e. The molecule has 1 atom stereocenters. The van der Waals surface area contributed by atoms with Crippen LogP contribution in [-0.2, 0) is 4.74 Å². The van der Waals surface area contributed by atoms with Gasteiger partial charge in [0.2, 0.25) is 0 Å². The molecule has 0 aliphatic rings. The van der Waals surface area contributed by atoms with E-state index in [1.54, 1.807) is 18.9 Å². The van der Waals surface area contributed by atoms with Crippen LogP contribution in [0.5, 0.6) is 0 Å². The first-order valence-corrected chi connectivity index (χ1v) is 8.22. The Balaban J connectivity index is 3.05. The van der Waals surface area contributed by atoms with E-state index in [4.69, 9.17) is 10.5 Å². The van der Waals surface area contributed by atoms with E-state index in [2.05, 4.69) is 5.32 Å². The van der Waals surface area contributed by atoms with Crippen LogP contribution in [0, 0.1) is 5.92 Å². The summed E-state index contributed by atoms with van der Waals surface area (Å²) in [4.78, 5) is 13.7. The van der Waals surface area contributed by atoms with Gasteiger partial charge >= 0.3 is 0 Å². The van der Waals surface area contributed by atoms with Crippen LogP contribution in [0.2, 0.25) is 0 Å². The number of carbonyl (C=O) groups excluding carboxylic acids is 1. The number of nitrogens with two attached hydrogens (primary N) is 1. The van der Waals surface area contributed by atoms with Gasteiger partial charge in [0.25, 0.3) is 0 Å². The molecule has 1 unspecified atom stereocenters. The zero-order chi connectivity index (χ0) is 14.6. The number of rotatable bonds is 7. The Morgan fingerprint density at radius 2 is 2.11 bits per heavy atom. The van der Waals surface area contributed by atoms with Crippen molar-refractivity contribution in [3.63, 3.8) is 0 Å². The number of thiophene rings is 1. The molecule has 1 aromatic heterocycles. The average molecular weight is 302 g/mol. The van der Waals surface area contributed by atoms with Gasteiger partial charge < -0.3 is 15.8 Å². The number of Topliss-reactive ketones (excluding diaryl/α,β-unsaturated/α-hetero) is 1. The van der Waals surface area contributed by atoms with E-state index in [1.807, 2.05) is 27.0 Å². The molecule has 19 heavy (non-hydrogen) atoms. The van der Waals surface area contributed by atoms with Crippen molar-refractivity contribution in [2.45, 2.75) is 31.7 Å². The van der Waals surface area contributed by atoms with Gasteiger partial charge in [0.05, 0.1) is 22.1 Å². The lowest BCUT2D eigenvalue weighted by Crippen LogP contribution is -2.20. The van der Waals surface area contributed by atoms with Gasteiger partial charge in [-0.05, 0) is 13.2 Å². The summed E-state index contributed by atoms with van der Waals surface area (Å²) in [6.45, 7) is 6.42. The summed E-state index contributed by atoms with van der Waals surface area (Å²) in [6, 6.07) is 0.177. The molecular formula is C13H22N2O2S2. The Labute approximate surface area is 123 Å². The Bertz CT molecular complexity index is 444. The van der Waals surface area contributed by atoms with Gasteiger partial charge in [0.15, 0.2) is 5.78 Å². The number of nitrogen functional groups attached to an aromatic ring is 1. The first kappa shape index (κ1) is 16.3. The Morgan fingerprint density at radius 3 is 2.58 bits per heavy atom. The number of hydrogen-bond donors (Lipinski definition) is 2. The molecule has 0 aliphatic heterocycles. The van der Waals surface area contributed by atoms with Crippen molar-refractivity contribution in [3.8, 4) is 0 Å². The summed E-state index contributed by atoms with van der Waals surface area (Å²) >= 11 is 3.00. The van der Waals surface area contributed by atoms with Gasteiger partial charge in [-0.15, -0.1) is 23.1 Å². The average Bonchev–Trinajstić information content (AvgIpc) is 2.64. The Morgan fingerprint density at radius 1 is 1.47 bits per heavy atom. The molecule has 0 saturated carbocycles. The molecule has 0 radical (unpaired) electrons. The van der Waals surface area contributed by atoms with Crippen LogP contribution in [0.25, 0.3) is 0 Å². The van der Waals surface area contributed by atoms with Crippen LogP contribution in [0.1, 0.15) is 30.4 Å². The molecule has 4 nitrogen and oxygen atoms in total. The highest BCUT2D eigenvalue weighted by Crippen LogP contribution is 2.42. The normalized spacial score (nSPS) is 12.7. The second-order valence-electron chi connectivity index (χ2n) is 4.73. The van der Waals surface area contributed by atoms with E-state index in [-0.39, 0.29) is 17.7 Å². The van der Waals surface area contributed by atoms with Crippen molar-refractivity contribution in [1.82, 2.24) is 0 Å². The molecule has 108 valence electrons. The van der Waals surface area contributed by atoms with Gasteiger partial charge in [-0.2, -0.15) is 0 Å². The first-order valence-electron chi connectivity index (χ1n) is 6.18.